The number of hydrogen-bond donors (Lipinski definition) is 3. The Morgan fingerprint density at radius 1 is 1.31 bits per heavy atom. The van der Waals surface area contributed by atoms with Gasteiger partial charge in [-0.3, -0.25) is 5.32 Å². The van der Waals surface area contributed by atoms with E-state index in [0.29, 0.717) is 30.1 Å². The molecule has 0 aliphatic carbocycles. The number of rotatable bonds is 5. The molecule has 2 amide bonds. The lowest BCUT2D eigenvalue weighted by Gasteiger charge is -2.24. The summed E-state index contributed by atoms with van der Waals surface area (Å²) in [5.74, 6) is 0.207. The average molecular weight is 432 g/mol. The Bertz CT molecular complexity index is 845. The Hall–Kier alpha value is -2.63. The average Bonchev–Trinajstić information content (AvgIpc) is 2.68. The van der Waals surface area contributed by atoms with Gasteiger partial charge >= 0.3 is 12.2 Å². The molecule has 1 unspecified atom stereocenters. The predicted molar refractivity (Wildman–Crippen MR) is 99.2 cm³/mol. The SMILES string of the molecule is O=C(Nc1cnc(C(F)(F)F)cn1)Nc1cc(Cl)ccc1OCC1CNCCO1. The van der Waals surface area contributed by atoms with Gasteiger partial charge in [-0.2, -0.15) is 13.2 Å². The van der Waals surface area contributed by atoms with Crippen LogP contribution in [0.3, 0.4) is 0 Å². The maximum atomic E-state index is 12.5. The second-order valence-corrected chi connectivity index (χ2v) is 6.45. The Labute approximate surface area is 168 Å². The molecule has 1 fully saturated rings. The van der Waals surface area contributed by atoms with Crippen LogP contribution in [0.15, 0.2) is 30.6 Å². The number of nitrogens with zero attached hydrogens (tertiary/aromatic N) is 2. The van der Waals surface area contributed by atoms with Crippen LogP contribution in [0, 0.1) is 0 Å². The molecule has 29 heavy (non-hydrogen) atoms. The molecule has 3 N–H and O–H groups in total. The van der Waals surface area contributed by atoms with E-state index in [1.165, 1.54) is 6.07 Å². The smallest absolute Gasteiger partial charge is 0.434 e. The zero-order chi connectivity index (χ0) is 20.9. The van der Waals surface area contributed by atoms with Gasteiger partial charge in [-0.05, 0) is 18.2 Å². The number of anilines is 2. The predicted octanol–water partition coefficient (Wildman–Crippen LogP) is 3.16. The molecule has 1 saturated heterocycles. The lowest BCUT2D eigenvalue weighted by Crippen LogP contribution is -2.41. The number of carbonyl (C=O) groups is 1. The summed E-state index contributed by atoms with van der Waals surface area (Å²) in [4.78, 5) is 18.9. The van der Waals surface area contributed by atoms with Crippen molar-refractivity contribution < 1.29 is 27.4 Å². The Morgan fingerprint density at radius 3 is 2.79 bits per heavy atom. The van der Waals surface area contributed by atoms with Crippen LogP contribution in [0.25, 0.3) is 0 Å². The van der Waals surface area contributed by atoms with E-state index in [9.17, 15) is 18.0 Å². The number of carbonyl (C=O) groups excluding carboxylic acids is 1. The summed E-state index contributed by atoms with van der Waals surface area (Å²) in [6, 6.07) is 3.92. The first kappa shape index (κ1) is 21.1. The second kappa shape index (κ2) is 9.25. The summed E-state index contributed by atoms with van der Waals surface area (Å²) >= 11 is 5.98. The van der Waals surface area contributed by atoms with Crippen molar-refractivity contribution in [2.24, 2.45) is 0 Å². The van der Waals surface area contributed by atoms with Crippen LogP contribution in [0.4, 0.5) is 29.5 Å². The summed E-state index contributed by atoms with van der Waals surface area (Å²) in [5, 5.41) is 8.36. The van der Waals surface area contributed by atoms with E-state index in [0.717, 1.165) is 12.7 Å². The van der Waals surface area contributed by atoms with Gasteiger partial charge in [0, 0.05) is 18.1 Å². The molecule has 156 valence electrons. The second-order valence-electron chi connectivity index (χ2n) is 6.01. The third kappa shape index (κ3) is 6.17. The van der Waals surface area contributed by atoms with Gasteiger partial charge in [0.2, 0.25) is 0 Å². The highest BCUT2D eigenvalue weighted by Crippen LogP contribution is 2.29. The lowest BCUT2D eigenvalue weighted by atomic mass is 10.3. The summed E-state index contributed by atoms with van der Waals surface area (Å²) in [6.45, 7) is 2.26. The number of benzene rings is 1. The molecular formula is C17H17ClF3N5O3. The Balaban J connectivity index is 1.62. The van der Waals surface area contributed by atoms with Crippen LogP contribution in [0.5, 0.6) is 5.75 Å². The van der Waals surface area contributed by atoms with Gasteiger partial charge in [0.25, 0.3) is 0 Å². The Morgan fingerprint density at radius 2 is 2.14 bits per heavy atom. The fourth-order valence-corrected chi connectivity index (χ4v) is 2.62. The third-order valence-electron chi connectivity index (χ3n) is 3.80. The van der Waals surface area contributed by atoms with Crippen molar-refractivity contribution in [3.05, 3.63) is 41.3 Å². The number of urea groups is 1. The van der Waals surface area contributed by atoms with Gasteiger partial charge < -0.3 is 20.1 Å². The Kier molecular flexibility index (Phi) is 6.72. The van der Waals surface area contributed by atoms with Gasteiger partial charge in [0.1, 0.15) is 18.5 Å². The molecule has 1 atom stereocenters. The van der Waals surface area contributed by atoms with Crippen molar-refractivity contribution in [2.75, 3.05) is 36.9 Å². The molecule has 12 heteroatoms. The highest BCUT2D eigenvalue weighted by atomic mass is 35.5. The van der Waals surface area contributed by atoms with E-state index >= 15 is 0 Å². The molecule has 1 aromatic carbocycles. The molecule has 1 aromatic heterocycles. The molecule has 0 bridgehead atoms. The maximum absolute atomic E-state index is 12.5. The van der Waals surface area contributed by atoms with Gasteiger partial charge in [0.05, 0.1) is 24.7 Å². The minimum atomic E-state index is -4.61. The largest absolute Gasteiger partial charge is 0.489 e. The maximum Gasteiger partial charge on any atom is 0.434 e. The standard InChI is InChI=1S/C17H17ClF3N5O3/c18-10-1-2-13(29-9-11-6-22-3-4-28-11)12(5-10)25-16(27)26-15-8-23-14(7-24-15)17(19,20)21/h1-2,5,7-8,11,22H,3-4,6,9H2,(H2,24,25,26,27). The van der Waals surface area contributed by atoms with Crippen molar-refractivity contribution >= 4 is 29.1 Å². The molecule has 1 aliphatic rings. The van der Waals surface area contributed by atoms with Crippen molar-refractivity contribution in [3.63, 3.8) is 0 Å². The summed E-state index contributed by atoms with van der Waals surface area (Å²) in [6.07, 6.45) is -3.41. The van der Waals surface area contributed by atoms with Crippen LogP contribution < -0.4 is 20.7 Å². The number of amides is 2. The molecule has 0 saturated carbocycles. The van der Waals surface area contributed by atoms with E-state index in [2.05, 4.69) is 25.9 Å². The quantitative estimate of drug-likeness (QED) is 0.673. The first-order chi connectivity index (χ1) is 13.8. The minimum absolute atomic E-state index is 0.136. The number of morpholine rings is 1. The molecule has 1 aliphatic heterocycles. The lowest BCUT2D eigenvalue weighted by molar-refractivity contribution is -0.141. The van der Waals surface area contributed by atoms with Crippen molar-refractivity contribution in [2.45, 2.75) is 12.3 Å². The molecule has 0 radical (unpaired) electrons. The van der Waals surface area contributed by atoms with E-state index < -0.39 is 17.9 Å². The van der Waals surface area contributed by atoms with Gasteiger partial charge in [-0.1, -0.05) is 11.6 Å². The number of hydrogen-bond acceptors (Lipinski definition) is 6. The van der Waals surface area contributed by atoms with Crippen LogP contribution in [-0.4, -0.2) is 48.4 Å². The van der Waals surface area contributed by atoms with Crippen LogP contribution in [-0.2, 0) is 10.9 Å². The third-order valence-corrected chi connectivity index (χ3v) is 4.04. The normalized spacial score (nSPS) is 16.9. The molecule has 8 nitrogen and oxygen atoms in total. The van der Waals surface area contributed by atoms with Gasteiger partial charge in [-0.15, -0.1) is 0 Å². The van der Waals surface area contributed by atoms with Crippen molar-refractivity contribution in [1.82, 2.24) is 15.3 Å². The van der Waals surface area contributed by atoms with Crippen molar-refractivity contribution in [1.29, 1.82) is 0 Å². The first-order valence-electron chi connectivity index (χ1n) is 8.53. The van der Waals surface area contributed by atoms with Gasteiger partial charge in [0.15, 0.2) is 11.5 Å². The van der Waals surface area contributed by atoms with Crippen molar-refractivity contribution in [3.8, 4) is 5.75 Å². The summed E-state index contributed by atoms with van der Waals surface area (Å²) in [5.41, 5.74) is -0.882. The minimum Gasteiger partial charge on any atom is -0.489 e. The van der Waals surface area contributed by atoms with Crippen LogP contribution in [0.1, 0.15) is 5.69 Å². The molecular weight excluding hydrogens is 415 g/mol. The fourth-order valence-electron chi connectivity index (χ4n) is 2.44. The first-order valence-corrected chi connectivity index (χ1v) is 8.91. The molecule has 3 rings (SSSR count). The highest BCUT2D eigenvalue weighted by molar-refractivity contribution is 6.31. The number of nitrogens with one attached hydrogen (secondary N) is 3. The summed E-state index contributed by atoms with van der Waals surface area (Å²) < 4.78 is 48.8. The number of alkyl halides is 3. The number of aromatic nitrogens is 2. The van der Waals surface area contributed by atoms with Crippen LogP contribution in [0.2, 0.25) is 5.02 Å². The fraction of sp³-hybridized carbons (Fsp3) is 0.353. The van der Waals surface area contributed by atoms with Gasteiger partial charge in [-0.25, -0.2) is 14.8 Å². The van der Waals surface area contributed by atoms with E-state index in [4.69, 9.17) is 21.1 Å². The monoisotopic (exact) mass is 431 g/mol. The van der Waals surface area contributed by atoms with E-state index in [1.807, 2.05) is 0 Å². The summed E-state index contributed by atoms with van der Waals surface area (Å²) in [7, 11) is 0. The number of halogens is 4. The zero-order valence-electron chi connectivity index (χ0n) is 14.9. The molecule has 2 aromatic rings. The number of ether oxygens (including phenoxy) is 2. The zero-order valence-corrected chi connectivity index (χ0v) is 15.7. The molecule has 0 spiro atoms. The van der Waals surface area contributed by atoms with E-state index in [-0.39, 0.29) is 24.2 Å². The topological polar surface area (TPSA) is 97.4 Å². The highest BCUT2D eigenvalue weighted by Gasteiger charge is 2.32. The van der Waals surface area contributed by atoms with E-state index in [1.54, 1.807) is 12.1 Å². The van der Waals surface area contributed by atoms with Crippen LogP contribution >= 0.6 is 11.6 Å². The molecule has 2 heterocycles.